The predicted molar refractivity (Wildman–Crippen MR) is 81.1 cm³/mol. The summed E-state index contributed by atoms with van der Waals surface area (Å²) in [6, 6.07) is 1.83. The van der Waals surface area contributed by atoms with Gasteiger partial charge in [0.25, 0.3) is 5.91 Å². The first-order valence-corrected chi connectivity index (χ1v) is 8.17. The maximum atomic E-state index is 12.9. The fourth-order valence-corrected chi connectivity index (χ4v) is 3.41. The number of likely N-dealkylation sites (tertiary alicyclic amines) is 1. The Morgan fingerprint density at radius 3 is 2.71 bits per heavy atom. The van der Waals surface area contributed by atoms with Crippen molar-refractivity contribution in [3.05, 3.63) is 22.4 Å². The van der Waals surface area contributed by atoms with Crippen molar-refractivity contribution < 1.29 is 14.3 Å². The fourth-order valence-electron chi connectivity index (χ4n) is 2.97. The molecule has 0 radical (unpaired) electrons. The molecule has 1 aliphatic carbocycles. The summed E-state index contributed by atoms with van der Waals surface area (Å²) in [5.74, 6) is -0.380. The van der Waals surface area contributed by atoms with E-state index in [2.05, 4.69) is 15.9 Å². The summed E-state index contributed by atoms with van der Waals surface area (Å²) >= 11 is 3.45. The average Bonchev–Trinajstić information content (AvgIpc) is 3.28. The van der Waals surface area contributed by atoms with Crippen molar-refractivity contribution in [1.29, 1.82) is 0 Å². The molecule has 0 aromatic carbocycles. The molecule has 1 saturated carbocycles. The third kappa shape index (κ3) is 2.86. The SMILES string of the molecule is COC(=O)[C@H]1CCCCN1C(=O)c1cc(Br)cn1C1CC1. The van der Waals surface area contributed by atoms with E-state index in [0.29, 0.717) is 24.7 Å². The molecule has 0 bridgehead atoms. The molecule has 1 aromatic rings. The van der Waals surface area contributed by atoms with Gasteiger partial charge in [0.05, 0.1) is 7.11 Å². The molecule has 0 N–H and O–H groups in total. The Kier molecular flexibility index (Phi) is 4.06. The molecule has 0 unspecified atom stereocenters. The lowest BCUT2D eigenvalue weighted by Crippen LogP contribution is -2.48. The van der Waals surface area contributed by atoms with Gasteiger partial charge in [0.15, 0.2) is 0 Å². The van der Waals surface area contributed by atoms with Gasteiger partial charge in [-0.25, -0.2) is 4.79 Å². The van der Waals surface area contributed by atoms with Crippen molar-refractivity contribution in [3.63, 3.8) is 0 Å². The van der Waals surface area contributed by atoms with Crippen LogP contribution in [0.5, 0.6) is 0 Å². The van der Waals surface area contributed by atoms with Gasteiger partial charge in [-0.05, 0) is 54.1 Å². The van der Waals surface area contributed by atoms with Crippen LogP contribution in [-0.4, -0.2) is 41.0 Å². The number of hydrogen-bond donors (Lipinski definition) is 0. The highest BCUT2D eigenvalue weighted by atomic mass is 79.9. The second-order valence-electron chi connectivity index (χ2n) is 5.72. The van der Waals surface area contributed by atoms with Crippen LogP contribution in [0, 0.1) is 0 Å². The van der Waals surface area contributed by atoms with Gasteiger partial charge in [0, 0.05) is 23.3 Å². The van der Waals surface area contributed by atoms with Crippen molar-refractivity contribution in [1.82, 2.24) is 9.47 Å². The number of aromatic nitrogens is 1. The van der Waals surface area contributed by atoms with Gasteiger partial charge in [-0.3, -0.25) is 4.79 Å². The Labute approximate surface area is 132 Å². The molecular weight excluding hydrogens is 336 g/mol. The van der Waals surface area contributed by atoms with Crippen LogP contribution in [0.15, 0.2) is 16.7 Å². The molecule has 114 valence electrons. The first-order valence-electron chi connectivity index (χ1n) is 7.38. The van der Waals surface area contributed by atoms with Gasteiger partial charge in [-0.2, -0.15) is 0 Å². The molecule has 1 aliphatic heterocycles. The number of amides is 1. The molecule has 0 spiro atoms. The van der Waals surface area contributed by atoms with Crippen molar-refractivity contribution in [2.24, 2.45) is 0 Å². The van der Waals surface area contributed by atoms with Gasteiger partial charge in [-0.15, -0.1) is 0 Å². The number of esters is 1. The van der Waals surface area contributed by atoms with Crippen LogP contribution in [0.3, 0.4) is 0 Å². The van der Waals surface area contributed by atoms with E-state index in [1.165, 1.54) is 7.11 Å². The maximum absolute atomic E-state index is 12.9. The number of rotatable bonds is 3. The van der Waals surface area contributed by atoms with Crippen molar-refractivity contribution in [3.8, 4) is 0 Å². The van der Waals surface area contributed by atoms with E-state index in [1.807, 2.05) is 16.8 Å². The van der Waals surface area contributed by atoms with E-state index in [-0.39, 0.29) is 11.9 Å². The van der Waals surface area contributed by atoms with E-state index >= 15 is 0 Å². The third-order valence-electron chi connectivity index (χ3n) is 4.21. The van der Waals surface area contributed by atoms with Gasteiger partial charge >= 0.3 is 5.97 Å². The Bertz CT molecular complexity index is 565. The van der Waals surface area contributed by atoms with E-state index in [0.717, 1.165) is 30.2 Å². The number of methoxy groups -OCH3 is 1. The summed E-state index contributed by atoms with van der Waals surface area (Å²) in [6.07, 6.45) is 6.76. The minimum Gasteiger partial charge on any atom is -0.467 e. The second-order valence-corrected chi connectivity index (χ2v) is 6.63. The molecule has 6 heteroatoms. The summed E-state index contributed by atoms with van der Waals surface area (Å²) in [7, 11) is 1.38. The molecule has 1 saturated heterocycles. The first kappa shape index (κ1) is 14.6. The Morgan fingerprint density at radius 1 is 1.29 bits per heavy atom. The van der Waals surface area contributed by atoms with Crippen LogP contribution in [0.2, 0.25) is 0 Å². The number of carbonyl (C=O) groups excluding carboxylic acids is 2. The first-order chi connectivity index (χ1) is 10.1. The number of hydrogen-bond acceptors (Lipinski definition) is 3. The molecule has 21 heavy (non-hydrogen) atoms. The van der Waals surface area contributed by atoms with E-state index in [9.17, 15) is 9.59 Å². The normalized spacial score (nSPS) is 22.2. The number of ether oxygens (including phenoxy) is 1. The number of halogens is 1. The van der Waals surface area contributed by atoms with E-state index in [4.69, 9.17) is 4.74 Å². The zero-order valence-electron chi connectivity index (χ0n) is 12.0. The number of piperidine rings is 1. The molecule has 1 aromatic heterocycles. The lowest BCUT2D eigenvalue weighted by atomic mass is 10.0. The minimum atomic E-state index is -0.447. The second kappa shape index (κ2) is 5.83. The van der Waals surface area contributed by atoms with Gasteiger partial charge < -0.3 is 14.2 Å². The van der Waals surface area contributed by atoms with Crippen LogP contribution in [0.4, 0.5) is 0 Å². The quantitative estimate of drug-likeness (QED) is 0.784. The highest BCUT2D eigenvalue weighted by Crippen LogP contribution is 2.38. The smallest absolute Gasteiger partial charge is 0.328 e. The molecule has 2 heterocycles. The third-order valence-corrected chi connectivity index (χ3v) is 4.65. The largest absolute Gasteiger partial charge is 0.467 e. The summed E-state index contributed by atoms with van der Waals surface area (Å²) in [5.41, 5.74) is 0.667. The zero-order chi connectivity index (χ0) is 15.0. The lowest BCUT2D eigenvalue weighted by molar-refractivity contribution is -0.147. The number of carbonyl (C=O) groups is 2. The van der Waals surface area contributed by atoms with Crippen LogP contribution < -0.4 is 0 Å². The molecule has 1 amide bonds. The molecule has 2 fully saturated rings. The van der Waals surface area contributed by atoms with Crippen LogP contribution in [-0.2, 0) is 9.53 Å². The Balaban J connectivity index is 1.87. The predicted octanol–water partition coefficient (Wildman–Crippen LogP) is 2.75. The van der Waals surface area contributed by atoms with Crippen LogP contribution in [0.25, 0.3) is 0 Å². The number of nitrogens with zero attached hydrogens (tertiary/aromatic N) is 2. The Hall–Kier alpha value is -1.30. The van der Waals surface area contributed by atoms with Crippen LogP contribution >= 0.6 is 15.9 Å². The summed E-state index contributed by atoms with van der Waals surface area (Å²) < 4.78 is 7.80. The Morgan fingerprint density at radius 2 is 2.05 bits per heavy atom. The molecule has 1 atom stereocenters. The van der Waals surface area contributed by atoms with Crippen molar-refractivity contribution in [2.45, 2.75) is 44.2 Å². The van der Waals surface area contributed by atoms with Crippen LogP contribution in [0.1, 0.15) is 48.6 Å². The maximum Gasteiger partial charge on any atom is 0.328 e. The molecule has 3 rings (SSSR count). The topological polar surface area (TPSA) is 51.5 Å². The molecule has 5 nitrogen and oxygen atoms in total. The highest BCUT2D eigenvalue weighted by molar-refractivity contribution is 9.10. The summed E-state index contributed by atoms with van der Waals surface area (Å²) in [4.78, 5) is 26.5. The monoisotopic (exact) mass is 354 g/mol. The fraction of sp³-hybridized carbons (Fsp3) is 0.600. The van der Waals surface area contributed by atoms with Gasteiger partial charge in [0.2, 0.25) is 0 Å². The standard InChI is InChI=1S/C15H19BrN2O3/c1-21-15(20)12-4-2-3-7-17(12)14(19)13-8-10(16)9-18(13)11-5-6-11/h8-9,11-12H,2-7H2,1H3/t12-/m1/s1. The summed E-state index contributed by atoms with van der Waals surface area (Å²) in [6.45, 7) is 0.617. The summed E-state index contributed by atoms with van der Waals surface area (Å²) in [5, 5.41) is 0. The zero-order valence-corrected chi connectivity index (χ0v) is 13.6. The highest BCUT2D eigenvalue weighted by Gasteiger charge is 2.36. The molecular formula is C15H19BrN2O3. The minimum absolute atomic E-state index is 0.0669. The molecule has 2 aliphatic rings. The lowest BCUT2D eigenvalue weighted by Gasteiger charge is -2.33. The van der Waals surface area contributed by atoms with Crippen molar-refractivity contribution >= 4 is 27.8 Å². The van der Waals surface area contributed by atoms with E-state index < -0.39 is 6.04 Å². The van der Waals surface area contributed by atoms with Crippen molar-refractivity contribution in [2.75, 3.05) is 13.7 Å². The van der Waals surface area contributed by atoms with Gasteiger partial charge in [-0.1, -0.05) is 0 Å². The van der Waals surface area contributed by atoms with E-state index in [1.54, 1.807) is 4.90 Å². The average molecular weight is 355 g/mol. The van der Waals surface area contributed by atoms with Gasteiger partial charge in [0.1, 0.15) is 11.7 Å².